The van der Waals surface area contributed by atoms with Crippen LogP contribution in [0.3, 0.4) is 0 Å². The standard InChI is InChI=1S/C21H21ClN2O3/c1-13(2)27-19-9-8-15(11-20(19)26-4)10-16(12-23)21(25)24-18-7-5-6-17(22)14(18)3/h5-11,13H,1-4H3,(H,24,25)/b16-10+. The SMILES string of the molecule is COc1cc(/C=C(\C#N)C(=O)Nc2cccc(Cl)c2C)ccc1OC(C)C. The molecule has 2 aromatic carbocycles. The number of nitrogens with zero attached hydrogens (tertiary/aromatic N) is 1. The van der Waals surface area contributed by atoms with E-state index in [-0.39, 0.29) is 11.7 Å². The number of carbonyl (C=O) groups excluding carboxylic acids is 1. The highest BCUT2D eigenvalue weighted by molar-refractivity contribution is 6.31. The van der Waals surface area contributed by atoms with Crippen LogP contribution in [0.1, 0.15) is 25.0 Å². The zero-order valence-corrected chi connectivity index (χ0v) is 16.4. The van der Waals surface area contributed by atoms with Gasteiger partial charge in [0, 0.05) is 10.7 Å². The molecule has 0 radical (unpaired) electrons. The second-order valence-corrected chi connectivity index (χ2v) is 6.52. The lowest BCUT2D eigenvalue weighted by Crippen LogP contribution is -2.14. The van der Waals surface area contributed by atoms with Crippen LogP contribution >= 0.6 is 11.6 Å². The minimum absolute atomic E-state index is 0.00155. The summed E-state index contributed by atoms with van der Waals surface area (Å²) < 4.78 is 11.0. The molecule has 2 rings (SSSR count). The molecule has 0 atom stereocenters. The van der Waals surface area contributed by atoms with E-state index in [1.54, 1.807) is 43.3 Å². The molecule has 0 unspecified atom stereocenters. The predicted octanol–water partition coefficient (Wildman–Crippen LogP) is 4.99. The molecule has 140 valence electrons. The lowest BCUT2D eigenvalue weighted by Gasteiger charge is -2.14. The Morgan fingerprint density at radius 2 is 2.00 bits per heavy atom. The molecule has 0 heterocycles. The van der Waals surface area contributed by atoms with Crippen molar-refractivity contribution in [1.82, 2.24) is 0 Å². The number of amides is 1. The second-order valence-electron chi connectivity index (χ2n) is 6.11. The minimum atomic E-state index is -0.510. The van der Waals surface area contributed by atoms with Gasteiger partial charge in [-0.2, -0.15) is 5.26 Å². The van der Waals surface area contributed by atoms with Gasteiger partial charge in [0.25, 0.3) is 5.91 Å². The molecule has 1 amide bonds. The summed E-state index contributed by atoms with van der Waals surface area (Å²) in [5, 5.41) is 12.7. The number of carbonyl (C=O) groups is 1. The monoisotopic (exact) mass is 384 g/mol. The Kier molecular flexibility index (Phi) is 6.86. The lowest BCUT2D eigenvalue weighted by molar-refractivity contribution is -0.112. The number of anilines is 1. The number of methoxy groups -OCH3 is 1. The quantitative estimate of drug-likeness (QED) is 0.562. The van der Waals surface area contributed by atoms with Gasteiger partial charge in [0.15, 0.2) is 11.5 Å². The lowest BCUT2D eigenvalue weighted by atomic mass is 10.1. The third-order valence-electron chi connectivity index (χ3n) is 3.74. The zero-order valence-electron chi connectivity index (χ0n) is 15.7. The van der Waals surface area contributed by atoms with Gasteiger partial charge < -0.3 is 14.8 Å². The molecule has 0 aliphatic rings. The molecule has 0 saturated heterocycles. The van der Waals surface area contributed by atoms with Gasteiger partial charge in [-0.15, -0.1) is 0 Å². The van der Waals surface area contributed by atoms with Gasteiger partial charge in [-0.05, 0) is 62.2 Å². The Labute approximate surface area is 164 Å². The van der Waals surface area contributed by atoms with E-state index < -0.39 is 5.91 Å². The van der Waals surface area contributed by atoms with Crippen molar-refractivity contribution in [2.75, 3.05) is 12.4 Å². The minimum Gasteiger partial charge on any atom is -0.493 e. The van der Waals surface area contributed by atoms with Crippen LogP contribution in [-0.2, 0) is 4.79 Å². The fourth-order valence-corrected chi connectivity index (χ4v) is 2.55. The van der Waals surface area contributed by atoms with Crippen molar-refractivity contribution in [2.45, 2.75) is 26.9 Å². The molecule has 1 N–H and O–H groups in total. The molecule has 0 fully saturated rings. The fourth-order valence-electron chi connectivity index (χ4n) is 2.37. The van der Waals surface area contributed by atoms with Gasteiger partial charge in [-0.25, -0.2) is 0 Å². The van der Waals surface area contributed by atoms with E-state index >= 15 is 0 Å². The summed E-state index contributed by atoms with van der Waals surface area (Å²) in [5.74, 6) is 0.618. The molecule has 0 saturated carbocycles. The molecule has 0 aromatic heterocycles. The number of nitriles is 1. The number of halogens is 1. The van der Waals surface area contributed by atoms with Crippen LogP contribution in [0, 0.1) is 18.3 Å². The number of hydrogen-bond acceptors (Lipinski definition) is 4. The second kappa shape index (κ2) is 9.11. The van der Waals surface area contributed by atoms with Gasteiger partial charge in [0.1, 0.15) is 11.6 Å². The van der Waals surface area contributed by atoms with E-state index in [0.717, 1.165) is 5.56 Å². The van der Waals surface area contributed by atoms with E-state index in [2.05, 4.69) is 5.32 Å². The average Bonchev–Trinajstić information content (AvgIpc) is 2.63. The molecular formula is C21H21ClN2O3. The molecule has 0 aliphatic carbocycles. The third kappa shape index (κ3) is 5.25. The van der Waals surface area contributed by atoms with Gasteiger partial charge in [-0.1, -0.05) is 23.7 Å². The number of hydrogen-bond donors (Lipinski definition) is 1. The molecule has 5 nitrogen and oxygen atoms in total. The highest BCUT2D eigenvalue weighted by atomic mass is 35.5. The molecule has 0 bridgehead atoms. The van der Waals surface area contributed by atoms with Crippen LogP contribution in [0.15, 0.2) is 42.0 Å². The normalized spacial score (nSPS) is 11.1. The molecule has 27 heavy (non-hydrogen) atoms. The first-order valence-electron chi connectivity index (χ1n) is 8.38. The molecular weight excluding hydrogens is 364 g/mol. The Bertz CT molecular complexity index is 914. The summed E-state index contributed by atoms with van der Waals surface area (Å²) in [5.41, 5.74) is 1.92. The third-order valence-corrected chi connectivity index (χ3v) is 4.15. The number of nitrogens with one attached hydrogen (secondary N) is 1. The largest absolute Gasteiger partial charge is 0.493 e. The summed E-state index contributed by atoms with van der Waals surface area (Å²) in [6.45, 7) is 5.64. The Balaban J connectivity index is 2.28. The van der Waals surface area contributed by atoms with Crippen LogP contribution in [0.2, 0.25) is 5.02 Å². The predicted molar refractivity (Wildman–Crippen MR) is 107 cm³/mol. The van der Waals surface area contributed by atoms with E-state index in [9.17, 15) is 10.1 Å². The number of ether oxygens (including phenoxy) is 2. The number of benzene rings is 2. The molecule has 0 spiro atoms. The van der Waals surface area contributed by atoms with Gasteiger partial charge in [-0.3, -0.25) is 4.79 Å². The molecule has 2 aromatic rings. The summed E-state index contributed by atoms with van der Waals surface area (Å²) in [6.07, 6.45) is 1.50. The first kappa shape index (κ1) is 20.3. The van der Waals surface area contributed by atoms with Crippen molar-refractivity contribution in [3.63, 3.8) is 0 Å². The average molecular weight is 385 g/mol. The van der Waals surface area contributed by atoms with E-state index in [1.165, 1.54) is 13.2 Å². The summed E-state index contributed by atoms with van der Waals surface area (Å²) in [4.78, 5) is 12.5. The maximum Gasteiger partial charge on any atom is 0.266 e. The van der Waals surface area contributed by atoms with Crippen molar-refractivity contribution >= 4 is 29.3 Å². The van der Waals surface area contributed by atoms with Crippen molar-refractivity contribution in [1.29, 1.82) is 5.26 Å². The van der Waals surface area contributed by atoms with Crippen molar-refractivity contribution in [3.05, 3.63) is 58.1 Å². The Hall–Kier alpha value is -2.97. The molecule has 0 aliphatic heterocycles. The van der Waals surface area contributed by atoms with Crippen molar-refractivity contribution in [2.24, 2.45) is 0 Å². The van der Waals surface area contributed by atoms with Crippen LogP contribution in [0.4, 0.5) is 5.69 Å². The smallest absolute Gasteiger partial charge is 0.266 e. The van der Waals surface area contributed by atoms with Crippen LogP contribution in [0.25, 0.3) is 6.08 Å². The first-order chi connectivity index (χ1) is 12.8. The Morgan fingerprint density at radius 1 is 1.26 bits per heavy atom. The molecule has 6 heteroatoms. The van der Waals surface area contributed by atoms with Gasteiger partial charge in [0.05, 0.1) is 13.2 Å². The van der Waals surface area contributed by atoms with Crippen molar-refractivity contribution < 1.29 is 14.3 Å². The maximum absolute atomic E-state index is 12.5. The summed E-state index contributed by atoms with van der Waals surface area (Å²) >= 11 is 6.07. The van der Waals surface area contributed by atoms with Gasteiger partial charge in [0.2, 0.25) is 0 Å². The van der Waals surface area contributed by atoms with E-state index in [0.29, 0.717) is 27.8 Å². The fraction of sp³-hybridized carbons (Fsp3) is 0.238. The van der Waals surface area contributed by atoms with Gasteiger partial charge >= 0.3 is 0 Å². The topological polar surface area (TPSA) is 71.3 Å². The maximum atomic E-state index is 12.5. The first-order valence-corrected chi connectivity index (χ1v) is 8.76. The van der Waals surface area contributed by atoms with Crippen LogP contribution in [-0.4, -0.2) is 19.1 Å². The van der Waals surface area contributed by atoms with E-state index in [1.807, 2.05) is 19.9 Å². The number of rotatable bonds is 6. The summed E-state index contributed by atoms with van der Waals surface area (Å²) in [6, 6.07) is 12.4. The van der Waals surface area contributed by atoms with Crippen LogP contribution < -0.4 is 14.8 Å². The van der Waals surface area contributed by atoms with E-state index in [4.69, 9.17) is 21.1 Å². The van der Waals surface area contributed by atoms with Crippen molar-refractivity contribution in [3.8, 4) is 17.6 Å². The highest BCUT2D eigenvalue weighted by Gasteiger charge is 2.13. The Morgan fingerprint density at radius 3 is 2.63 bits per heavy atom. The zero-order chi connectivity index (χ0) is 20.0. The highest BCUT2D eigenvalue weighted by Crippen LogP contribution is 2.30. The van der Waals surface area contributed by atoms with Crippen LogP contribution in [0.5, 0.6) is 11.5 Å². The summed E-state index contributed by atoms with van der Waals surface area (Å²) in [7, 11) is 1.54.